The van der Waals surface area contributed by atoms with E-state index in [0.29, 0.717) is 0 Å². The Balaban J connectivity index is 1.83. The molecule has 0 bridgehead atoms. The largest absolute Gasteiger partial charge is 0.487 e. The maximum atomic E-state index is 6.22. The van der Waals surface area contributed by atoms with E-state index in [2.05, 4.69) is 0 Å². The van der Waals surface area contributed by atoms with Crippen LogP contribution in [0.3, 0.4) is 0 Å². The van der Waals surface area contributed by atoms with E-state index in [0.717, 1.165) is 49.5 Å². The highest BCUT2D eigenvalue weighted by Gasteiger charge is 2.38. The zero-order valence-corrected chi connectivity index (χ0v) is 10.5. The normalized spacial score (nSPS) is 23.2. The number of nitrogens with zero attached hydrogens (tertiary/aromatic N) is 1. The van der Waals surface area contributed by atoms with Gasteiger partial charge in [-0.25, -0.2) is 5.01 Å². The first-order chi connectivity index (χ1) is 8.17. The third-order valence-electron chi connectivity index (χ3n) is 3.91. The predicted octanol–water partition coefficient (Wildman–Crippen LogP) is 2.37. The molecule has 1 saturated heterocycles. The van der Waals surface area contributed by atoms with Gasteiger partial charge in [-0.3, -0.25) is 5.84 Å². The van der Waals surface area contributed by atoms with Gasteiger partial charge in [0.15, 0.2) is 0 Å². The summed E-state index contributed by atoms with van der Waals surface area (Å²) < 4.78 is 6.22. The molecular weight excluding hydrogens is 236 g/mol. The Morgan fingerprint density at radius 2 is 2.00 bits per heavy atom. The van der Waals surface area contributed by atoms with Crippen LogP contribution in [0.4, 0.5) is 0 Å². The third kappa shape index (κ3) is 2.15. The topological polar surface area (TPSA) is 38.5 Å². The van der Waals surface area contributed by atoms with Crippen LogP contribution in [-0.4, -0.2) is 23.7 Å². The molecule has 1 fully saturated rings. The summed E-state index contributed by atoms with van der Waals surface area (Å²) in [6, 6.07) is 5.91. The molecule has 0 radical (unpaired) electrons. The van der Waals surface area contributed by atoms with Crippen LogP contribution in [-0.2, 0) is 6.42 Å². The van der Waals surface area contributed by atoms with E-state index in [4.69, 9.17) is 22.2 Å². The molecular formula is C13H17ClN2O. The van der Waals surface area contributed by atoms with E-state index >= 15 is 0 Å². The third-order valence-corrected chi connectivity index (χ3v) is 4.14. The van der Waals surface area contributed by atoms with Crippen LogP contribution in [0, 0.1) is 0 Å². The molecule has 17 heavy (non-hydrogen) atoms. The number of ether oxygens (including phenoxy) is 1. The van der Waals surface area contributed by atoms with Gasteiger partial charge in [-0.2, -0.15) is 0 Å². The van der Waals surface area contributed by atoms with E-state index < -0.39 is 0 Å². The van der Waals surface area contributed by atoms with E-state index in [-0.39, 0.29) is 5.60 Å². The molecule has 2 heterocycles. The molecule has 2 aliphatic heterocycles. The Labute approximate surface area is 106 Å². The standard InChI is InChI=1S/C13H17ClN2O/c14-11-1-2-12-10(9-11)3-4-13(17-12)5-7-16(15)8-6-13/h1-2,9H,3-8,15H2. The minimum Gasteiger partial charge on any atom is -0.487 e. The second-order valence-electron chi connectivity index (χ2n) is 5.07. The number of hydrogen-bond acceptors (Lipinski definition) is 3. The van der Waals surface area contributed by atoms with Gasteiger partial charge in [0, 0.05) is 31.0 Å². The lowest BCUT2D eigenvalue weighted by Gasteiger charge is -2.43. The molecule has 0 amide bonds. The van der Waals surface area contributed by atoms with E-state index in [9.17, 15) is 0 Å². The Hall–Kier alpha value is -0.770. The molecule has 2 N–H and O–H groups in total. The van der Waals surface area contributed by atoms with Gasteiger partial charge in [-0.15, -0.1) is 0 Å². The lowest BCUT2D eigenvalue weighted by molar-refractivity contribution is -0.0147. The summed E-state index contributed by atoms with van der Waals surface area (Å²) >= 11 is 5.99. The van der Waals surface area contributed by atoms with Gasteiger partial charge in [0.05, 0.1) is 0 Å². The van der Waals surface area contributed by atoms with Gasteiger partial charge in [0.25, 0.3) is 0 Å². The van der Waals surface area contributed by atoms with E-state index in [1.807, 2.05) is 23.2 Å². The first-order valence-electron chi connectivity index (χ1n) is 6.14. The van der Waals surface area contributed by atoms with Crippen molar-refractivity contribution in [3.8, 4) is 5.75 Å². The lowest BCUT2D eigenvalue weighted by Crippen LogP contribution is -2.51. The van der Waals surface area contributed by atoms with Crippen LogP contribution in [0.25, 0.3) is 0 Å². The molecule has 1 spiro atoms. The molecule has 3 rings (SSSR count). The van der Waals surface area contributed by atoms with Crippen molar-refractivity contribution in [2.75, 3.05) is 13.1 Å². The number of nitrogens with two attached hydrogens (primary N) is 1. The summed E-state index contributed by atoms with van der Waals surface area (Å²) in [5.41, 5.74) is 1.25. The first kappa shape index (κ1) is 11.3. The first-order valence-corrected chi connectivity index (χ1v) is 6.52. The highest BCUT2D eigenvalue weighted by atomic mass is 35.5. The van der Waals surface area contributed by atoms with Crippen molar-refractivity contribution in [3.63, 3.8) is 0 Å². The van der Waals surface area contributed by atoms with Crippen molar-refractivity contribution in [1.29, 1.82) is 0 Å². The molecule has 1 aromatic carbocycles. The van der Waals surface area contributed by atoms with Crippen LogP contribution in [0.15, 0.2) is 18.2 Å². The van der Waals surface area contributed by atoms with Crippen LogP contribution in [0.2, 0.25) is 5.02 Å². The molecule has 4 heteroatoms. The van der Waals surface area contributed by atoms with Gasteiger partial charge < -0.3 is 4.74 Å². The predicted molar refractivity (Wildman–Crippen MR) is 68.1 cm³/mol. The maximum Gasteiger partial charge on any atom is 0.123 e. The maximum absolute atomic E-state index is 6.22. The fourth-order valence-electron chi connectivity index (χ4n) is 2.77. The number of fused-ring (bicyclic) bond motifs is 1. The number of halogens is 1. The number of hydrogen-bond donors (Lipinski definition) is 1. The minimum absolute atomic E-state index is 0.0106. The second-order valence-corrected chi connectivity index (χ2v) is 5.51. The number of rotatable bonds is 0. The van der Waals surface area contributed by atoms with Crippen LogP contribution >= 0.6 is 11.6 Å². The van der Waals surface area contributed by atoms with E-state index in [1.165, 1.54) is 5.56 Å². The number of hydrazine groups is 1. The Bertz CT molecular complexity index is 427. The van der Waals surface area contributed by atoms with Gasteiger partial charge in [0.1, 0.15) is 11.4 Å². The SMILES string of the molecule is NN1CCC2(CCc3cc(Cl)ccc3O2)CC1. The summed E-state index contributed by atoms with van der Waals surface area (Å²) in [5.74, 6) is 6.81. The molecule has 92 valence electrons. The smallest absolute Gasteiger partial charge is 0.123 e. The molecule has 0 aromatic heterocycles. The highest BCUT2D eigenvalue weighted by Crippen LogP contribution is 2.39. The second kappa shape index (κ2) is 4.16. The highest BCUT2D eigenvalue weighted by molar-refractivity contribution is 6.30. The zero-order chi connectivity index (χ0) is 11.9. The van der Waals surface area contributed by atoms with Crippen molar-refractivity contribution >= 4 is 11.6 Å². The fraction of sp³-hybridized carbons (Fsp3) is 0.538. The summed E-state index contributed by atoms with van der Waals surface area (Å²) in [5, 5.41) is 2.67. The average Bonchev–Trinajstić information content (AvgIpc) is 2.34. The van der Waals surface area contributed by atoms with Crippen molar-refractivity contribution in [1.82, 2.24) is 5.01 Å². The average molecular weight is 253 g/mol. The van der Waals surface area contributed by atoms with Crippen molar-refractivity contribution in [2.24, 2.45) is 5.84 Å². The van der Waals surface area contributed by atoms with Crippen LogP contribution in [0.5, 0.6) is 5.75 Å². The van der Waals surface area contributed by atoms with Gasteiger partial charge in [0.2, 0.25) is 0 Å². The Kier molecular flexibility index (Phi) is 2.77. The summed E-state index contributed by atoms with van der Waals surface area (Å²) in [4.78, 5) is 0. The molecule has 0 aliphatic carbocycles. The Morgan fingerprint density at radius 1 is 1.24 bits per heavy atom. The van der Waals surface area contributed by atoms with Gasteiger partial charge >= 0.3 is 0 Å². The molecule has 2 aliphatic rings. The molecule has 0 unspecified atom stereocenters. The Morgan fingerprint density at radius 3 is 2.76 bits per heavy atom. The summed E-state index contributed by atoms with van der Waals surface area (Å²) in [6.07, 6.45) is 4.17. The fourth-order valence-corrected chi connectivity index (χ4v) is 2.97. The van der Waals surface area contributed by atoms with Crippen molar-refractivity contribution < 1.29 is 4.74 Å². The number of piperidine rings is 1. The molecule has 3 nitrogen and oxygen atoms in total. The monoisotopic (exact) mass is 252 g/mol. The molecule has 0 atom stereocenters. The summed E-state index contributed by atoms with van der Waals surface area (Å²) in [6.45, 7) is 1.84. The van der Waals surface area contributed by atoms with Gasteiger partial charge in [-0.05, 0) is 36.6 Å². The molecule has 1 aromatic rings. The lowest BCUT2D eigenvalue weighted by atomic mass is 9.83. The van der Waals surface area contributed by atoms with Crippen molar-refractivity contribution in [2.45, 2.75) is 31.3 Å². The minimum atomic E-state index is 0.0106. The van der Waals surface area contributed by atoms with E-state index in [1.54, 1.807) is 0 Å². The molecule has 0 saturated carbocycles. The van der Waals surface area contributed by atoms with Gasteiger partial charge in [-0.1, -0.05) is 11.6 Å². The van der Waals surface area contributed by atoms with Crippen LogP contribution in [0.1, 0.15) is 24.8 Å². The summed E-state index contributed by atoms with van der Waals surface area (Å²) in [7, 11) is 0. The van der Waals surface area contributed by atoms with Crippen molar-refractivity contribution in [3.05, 3.63) is 28.8 Å². The number of aryl methyl sites for hydroxylation is 1. The zero-order valence-electron chi connectivity index (χ0n) is 9.79. The van der Waals surface area contributed by atoms with Crippen LogP contribution < -0.4 is 10.6 Å². The number of benzene rings is 1. The quantitative estimate of drug-likeness (QED) is 0.721.